The highest BCUT2D eigenvalue weighted by Gasteiger charge is 2.12. The summed E-state index contributed by atoms with van der Waals surface area (Å²) >= 11 is 0. The third kappa shape index (κ3) is 4.31. The Hall–Kier alpha value is -3.06. The number of aromatic nitrogens is 2. The predicted molar refractivity (Wildman–Crippen MR) is 97.4 cm³/mol. The lowest BCUT2D eigenvalue weighted by atomic mass is 10.1. The van der Waals surface area contributed by atoms with Crippen LogP contribution in [0.1, 0.15) is 23.9 Å². The summed E-state index contributed by atoms with van der Waals surface area (Å²) in [5.41, 5.74) is 3.26. The summed E-state index contributed by atoms with van der Waals surface area (Å²) in [5, 5.41) is 14.7. The van der Waals surface area contributed by atoms with Crippen molar-refractivity contribution < 1.29 is 9.45 Å². The first-order chi connectivity index (χ1) is 12.5. The van der Waals surface area contributed by atoms with E-state index in [4.69, 9.17) is 4.52 Å². The molecule has 0 N–H and O–H groups in total. The van der Waals surface area contributed by atoms with Crippen molar-refractivity contribution in [3.05, 3.63) is 75.7 Å². The minimum atomic E-state index is -0.437. The normalized spacial score (nSPS) is 11.0. The van der Waals surface area contributed by atoms with E-state index in [2.05, 4.69) is 46.2 Å². The summed E-state index contributed by atoms with van der Waals surface area (Å²) in [6.45, 7) is 3.44. The Morgan fingerprint density at radius 2 is 1.69 bits per heavy atom. The Morgan fingerprint density at radius 1 is 1.04 bits per heavy atom. The first-order valence-electron chi connectivity index (χ1n) is 8.39. The lowest BCUT2D eigenvalue weighted by Gasteiger charge is -2.14. The SMILES string of the molecule is CCc1ccc(CN(C)Cc2nc(-c3ccc([N+](=O)[O-])cc3)no2)cc1. The molecule has 0 amide bonds. The molecule has 0 spiro atoms. The third-order valence-electron chi connectivity index (χ3n) is 4.09. The van der Waals surface area contributed by atoms with Gasteiger partial charge in [-0.15, -0.1) is 0 Å². The molecular weight excluding hydrogens is 332 g/mol. The number of hydrogen-bond donors (Lipinski definition) is 0. The average molecular weight is 352 g/mol. The van der Waals surface area contributed by atoms with Crippen molar-refractivity contribution in [2.75, 3.05) is 7.05 Å². The second kappa shape index (κ2) is 7.88. The third-order valence-corrected chi connectivity index (χ3v) is 4.09. The average Bonchev–Trinajstić information content (AvgIpc) is 3.10. The molecule has 0 bridgehead atoms. The fraction of sp³-hybridized carbons (Fsp3) is 0.263. The van der Waals surface area contributed by atoms with Crippen LogP contribution in [0, 0.1) is 10.1 Å². The molecule has 0 radical (unpaired) electrons. The Kier molecular flexibility index (Phi) is 5.38. The molecule has 26 heavy (non-hydrogen) atoms. The maximum atomic E-state index is 10.7. The Balaban J connectivity index is 1.62. The zero-order chi connectivity index (χ0) is 18.5. The molecule has 1 aromatic heterocycles. The molecule has 3 aromatic rings. The van der Waals surface area contributed by atoms with E-state index in [9.17, 15) is 10.1 Å². The van der Waals surface area contributed by atoms with Crippen molar-refractivity contribution in [3.8, 4) is 11.4 Å². The summed E-state index contributed by atoms with van der Waals surface area (Å²) in [6, 6.07) is 14.6. The highest BCUT2D eigenvalue weighted by Crippen LogP contribution is 2.20. The Morgan fingerprint density at radius 3 is 2.31 bits per heavy atom. The van der Waals surface area contributed by atoms with Crippen LogP contribution >= 0.6 is 0 Å². The van der Waals surface area contributed by atoms with Crippen LogP contribution in [-0.2, 0) is 19.5 Å². The van der Waals surface area contributed by atoms with Crippen LogP contribution in [-0.4, -0.2) is 27.0 Å². The molecule has 134 valence electrons. The lowest BCUT2D eigenvalue weighted by Crippen LogP contribution is -2.17. The number of benzene rings is 2. The molecule has 0 saturated carbocycles. The quantitative estimate of drug-likeness (QED) is 0.474. The monoisotopic (exact) mass is 352 g/mol. The highest BCUT2D eigenvalue weighted by molar-refractivity contribution is 5.56. The van der Waals surface area contributed by atoms with Crippen LogP contribution in [0.15, 0.2) is 53.1 Å². The van der Waals surface area contributed by atoms with Gasteiger partial charge >= 0.3 is 0 Å². The molecular formula is C19H20N4O3. The summed E-state index contributed by atoms with van der Waals surface area (Å²) in [4.78, 5) is 16.7. The zero-order valence-electron chi connectivity index (χ0n) is 14.8. The number of nitrogens with zero attached hydrogens (tertiary/aromatic N) is 4. The number of aryl methyl sites for hydroxylation is 1. The van der Waals surface area contributed by atoms with Gasteiger partial charge in [0.2, 0.25) is 11.7 Å². The van der Waals surface area contributed by atoms with Gasteiger partial charge in [0.15, 0.2) is 0 Å². The van der Waals surface area contributed by atoms with Crippen molar-refractivity contribution in [2.45, 2.75) is 26.4 Å². The van der Waals surface area contributed by atoms with Gasteiger partial charge in [-0.3, -0.25) is 15.0 Å². The number of non-ortho nitro benzene ring substituents is 1. The van der Waals surface area contributed by atoms with E-state index in [1.165, 1.54) is 23.3 Å². The van der Waals surface area contributed by atoms with Crippen LogP contribution < -0.4 is 0 Å². The van der Waals surface area contributed by atoms with Crippen molar-refractivity contribution in [3.63, 3.8) is 0 Å². The van der Waals surface area contributed by atoms with Gasteiger partial charge in [-0.1, -0.05) is 36.3 Å². The van der Waals surface area contributed by atoms with Crippen LogP contribution in [0.25, 0.3) is 11.4 Å². The lowest BCUT2D eigenvalue weighted by molar-refractivity contribution is -0.384. The second-order valence-corrected chi connectivity index (χ2v) is 6.16. The molecule has 7 nitrogen and oxygen atoms in total. The van der Waals surface area contributed by atoms with Gasteiger partial charge in [0, 0.05) is 24.2 Å². The minimum absolute atomic E-state index is 0.0336. The minimum Gasteiger partial charge on any atom is -0.338 e. The molecule has 0 fully saturated rings. The molecule has 0 aliphatic rings. The molecule has 7 heteroatoms. The van der Waals surface area contributed by atoms with Crippen LogP contribution in [0.3, 0.4) is 0 Å². The molecule has 0 unspecified atom stereocenters. The summed E-state index contributed by atoms with van der Waals surface area (Å²) < 4.78 is 5.30. The molecule has 2 aromatic carbocycles. The molecule has 0 aliphatic heterocycles. The van der Waals surface area contributed by atoms with Crippen molar-refractivity contribution in [2.24, 2.45) is 0 Å². The van der Waals surface area contributed by atoms with Crippen LogP contribution in [0.5, 0.6) is 0 Å². The first kappa shape index (κ1) is 17.8. The Bertz CT molecular complexity index is 873. The van der Waals surface area contributed by atoms with Gasteiger partial charge < -0.3 is 4.52 Å². The van der Waals surface area contributed by atoms with E-state index in [-0.39, 0.29) is 5.69 Å². The molecule has 3 rings (SSSR count). The number of rotatable bonds is 7. The van der Waals surface area contributed by atoms with Gasteiger partial charge in [0.25, 0.3) is 5.69 Å². The van der Waals surface area contributed by atoms with Gasteiger partial charge in [0.05, 0.1) is 11.5 Å². The van der Waals surface area contributed by atoms with Crippen molar-refractivity contribution in [1.82, 2.24) is 15.0 Å². The topological polar surface area (TPSA) is 85.3 Å². The number of hydrogen-bond acceptors (Lipinski definition) is 6. The maximum Gasteiger partial charge on any atom is 0.269 e. The molecule has 1 heterocycles. The fourth-order valence-corrected chi connectivity index (χ4v) is 2.65. The van der Waals surface area contributed by atoms with E-state index >= 15 is 0 Å². The van der Waals surface area contributed by atoms with E-state index in [0.29, 0.717) is 23.8 Å². The number of nitro benzene ring substituents is 1. The molecule has 0 aliphatic carbocycles. The van der Waals surface area contributed by atoms with Gasteiger partial charge in [0.1, 0.15) is 0 Å². The maximum absolute atomic E-state index is 10.7. The van der Waals surface area contributed by atoms with E-state index < -0.39 is 4.92 Å². The smallest absolute Gasteiger partial charge is 0.269 e. The van der Waals surface area contributed by atoms with E-state index in [1.807, 2.05) is 7.05 Å². The van der Waals surface area contributed by atoms with Crippen molar-refractivity contribution >= 4 is 5.69 Å². The zero-order valence-corrected chi connectivity index (χ0v) is 14.8. The van der Waals surface area contributed by atoms with Crippen LogP contribution in [0.4, 0.5) is 5.69 Å². The van der Waals surface area contributed by atoms with Gasteiger partial charge in [-0.2, -0.15) is 4.98 Å². The standard InChI is InChI=1S/C19H20N4O3/c1-3-14-4-6-15(7-5-14)12-22(2)13-18-20-19(21-26-18)16-8-10-17(11-9-16)23(24)25/h4-11H,3,12-13H2,1-2H3. The Labute approximate surface area is 151 Å². The highest BCUT2D eigenvalue weighted by atomic mass is 16.6. The second-order valence-electron chi connectivity index (χ2n) is 6.16. The van der Waals surface area contributed by atoms with Crippen LogP contribution in [0.2, 0.25) is 0 Å². The molecule has 0 saturated heterocycles. The summed E-state index contributed by atoms with van der Waals surface area (Å²) in [7, 11) is 1.99. The first-order valence-corrected chi connectivity index (χ1v) is 8.39. The van der Waals surface area contributed by atoms with Gasteiger partial charge in [-0.25, -0.2) is 0 Å². The van der Waals surface area contributed by atoms with E-state index in [1.54, 1.807) is 12.1 Å². The number of nitro groups is 1. The predicted octanol–water partition coefficient (Wildman–Crippen LogP) is 3.84. The van der Waals surface area contributed by atoms with Gasteiger partial charge in [-0.05, 0) is 36.7 Å². The summed E-state index contributed by atoms with van der Waals surface area (Å²) in [6.07, 6.45) is 1.03. The summed E-state index contributed by atoms with van der Waals surface area (Å²) in [5.74, 6) is 0.932. The van der Waals surface area contributed by atoms with Crippen molar-refractivity contribution in [1.29, 1.82) is 0 Å². The fourth-order valence-electron chi connectivity index (χ4n) is 2.65. The largest absolute Gasteiger partial charge is 0.338 e. The van der Waals surface area contributed by atoms with E-state index in [0.717, 1.165) is 13.0 Å². The molecule has 0 atom stereocenters.